The molecular weight excluding hydrogens is 182 g/mol. The SMILES string of the molecule is CCn1nc(C[C@H](N)C(=O)O)cc1C. The molecule has 14 heavy (non-hydrogen) atoms. The summed E-state index contributed by atoms with van der Waals surface area (Å²) in [6.07, 6.45) is 0.281. The highest BCUT2D eigenvalue weighted by Gasteiger charge is 2.14. The fourth-order valence-corrected chi connectivity index (χ4v) is 1.31. The van der Waals surface area contributed by atoms with Crippen LogP contribution >= 0.6 is 0 Å². The predicted octanol–water partition coefficient (Wildman–Crippen LogP) is 0.166. The molecule has 5 nitrogen and oxygen atoms in total. The van der Waals surface area contributed by atoms with Crippen LogP contribution in [0.15, 0.2) is 6.07 Å². The van der Waals surface area contributed by atoms with Crippen LogP contribution in [0.25, 0.3) is 0 Å². The third-order valence-electron chi connectivity index (χ3n) is 2.08. The van der Waals surface area contributed by atoms with Gasteiger partial charge in [0.25, 0.3) is 0 Å². The van der Waals surface area contributed by atoms with Crippen molar-refractivity contribution in [1.82, 2.24) is 9.78 Å². The minimum atomic E-state index is -0.992. The van der Waals surface area contributed by atoms with E-state index in [1.807, 2.05) is 24.6 Å². The van der Waals surface area contributed by atoms with Crippen LogP contribution in [-0.4, -0.2) is 26.9 Å². The van der Waals surface area contributed by atoms with Crippen LogP contribution in [0.5, 0.6) is 0 Å². The number of carboxylic acids is 1. The second-order valence-corrected chi connectivity index (χ2v) is 3.24. The Balaban J connectivity index is 2.72. The van der Waals surface area contributed by atoms with Crippen molar-refractivity contribution in [2.45, 2.75) is 32.9 Å². The number of carboxylic acid groups (broad SMARTS) is 1. The minimum absolute atomic E-state index is 0.281. The van der Waals surface area contributed by atoms with Gasteiger partial charge in [-0.25, -0.2) is 0 Å². The highest BCUT2D eigenvalue weighted by Crippen LogP contribution is 2.05. The summed E-state index contributed by atoms with van der Waals surface area (Å²) >= 11 is 0. The van der Waals surface area contributed by atoms with E-state index in [2.05, 4.69) is 5.10 Å². The first-order valence-corrected chi connectivity index (χ1v) is 4.56. The molecule has 1 aromatic rings. The number of hydrogen-bond donors (Lipinski definition) is 2. The predicted molar refractivity (Wildman–Crippen MR) is 52.0 cm³/mol. The zero-order chi connectivity index (χ0) is 10.7. The first-order chi connectivity index (χ1) is 6.54. The summed E-state index contributed by atoms with van der Waals surface area (Å²) in [5, 5.41) is 12.8. The monoisotopic (exact) mass is 197 g/mol. The van der Waals surface area contributed by atoms with E-state index >= 15 is 0 Å². The van der Waals surface area contributed by atoms with E-state index in [1.165, 1.54) is 0 Å². The maximum Gasteiger partial charge on any atom is 0.320 e. The van der Waals surface area contributed by atoms with Gasteiger partial charge < -0.3 is 10.8 Å². The number of aryl methyl sites for hydroxylation is 2. The van der Waals surface area contributed by atoms with Crippen LogP contribution in [0, 0.1) is 6.92 Å². The average Bonchev–Trinajstić information content (AvgIpc) is 2.45. The van der Waals surface area contributed by atoms with Gasteiger partial charge in [-0.1, -0.05) is 0 Å². The van der Waals surface area contributed by atoms with Crippen LogP contribution in [-0.2, 0) is 17.8 Å². The lowest BCUT2D eigenvalue weighted by atomic mass is 10.2. The first kappa shape index (κ1) is 10.7. The van der Waals surface area contributed by atoms with Crippen molar-refractivity contribution in [3.05, 3.63) is 17.5 Å². The van der Waals surface area contributed by atoms with Crippen molar-refractivity contribution in [1.29, 1.82) is 0 Å². The number of aromatic nitrogens is 2. The molecule has 0 aromatic carbocycles. The van der Waals surface area contributed by atoms with Crippen molar-refractivity contribution in [3.8, 4) is 0 Å². The van der Waals surface area contributed by atoms with Crippen LogP contribution in [0.4, 0.5) is 0 Å². The molecule has 5 heteroatoms. The molecule has 0 saturated heterocycles. The van der Waals surface area contributed by atoms with Crippen molar-refractivity contribution in [3.63, 3.8) is 0 Å². The summed E-state index contributed by atoms with van der Waals surface area (Å²) < 4.78 is 1.82. The molecule has 3 N–H and O–H groups in total. The molecule has 1 aromatic heterocycles. The fourth-order valence-electron chi connectivity index (χ4n) is 1.31. The molecule has 1 rings (SSSR count). The lowest BCUT2D eigenvalue weighted by Gasteiger charge is -2.02. The van der Waals surface area contributed by atoms with Gasteiger partial charge in [-0.15, -0.1) is 0 Å². The van der Waals surface area contributed by atoms with Gasteiger partial charge in [0.2, 0.25) is 0 Å². The summed E-state index contributed by atoms with van der Waals surface area (Å²) in [6, 6.07) is 1.00. The highest BCUT2D eigenvalue weighted by molar-refractivity contribution is 5.73. The minimum Gasteiger partial charge on any atom is -0.480 e. The van der Waals surface area contributed by atoms with Crippen LogP contribution in [0.3, 0.4) is 0 Å². The molecule has 0 spiro atoms. The second-order valence-electron chi connectivity index (χ2n) is 3.24. The van der Waals surface area contributed by atoms with Crippen molar-refractivity contribution in [2.75, 3.05) is 0 Å². The zero-order valence-electron chi connectivity index (χ0n) is 8.40. The average molecular weight is 197 g/mol. The van der Waals surface area contributed by atoms with Crippen LogP contribution < -0.4 is 5.73 Å². The van der Waals surface area contributed by atoms with Gasteiger partial charge in [0.15, 0.2) is 0 Å². The summed E-state index contributed by atoms with van der Waals surface area (Å²) in [5.74, 6) is -0.992. The summed E-state index contributed by atoms with van der Waals surface area (Å²) in [4.78, 5) is 10.5. The van der Waals surface area contributed by atoms with E-state index in [9.17, 15) is 4.79 Å². The van der Waals surface area contributed by atoms with E-state index in [1.54, 1.807) is 0 Å². The normalized spacial score (nSPS) is 12.8. The molecule has 0 fully saturated rings. The number of hydrogen-bond acceptors (Lipinski definition) is 3. The number of aliphatic carboxylic acids is 1. The molecule has 0 bridgehead atoms. The van der Waals surface area contributed by atoms with Gasteiger partial charge in [-0.2, -0.15) is 5.10 Å². The number of rotatable bonds is 4. The molecule has 0 aliphatic carbocycles. The molecule has 1 heterocycles. The highest BCUT2D eigenvalue weighted by atomic mass is 16.4. The molecule has 0 aliphatic rings. The lowest BCUT2D eigenvalue weighted by Crippen LogP contribution is -2.32. The third kappa shape index (κ3) is 2.32. The first-order valence-electron chi connectivity index (χ1n) is 4.56. The summed E-state index contributed by atoms with van der Waals surface area (Å²) in [5.41, 5.74) is 7.16. The van der Waals surface area contributed by atoms with E-state index < -0.39 is 12.0 Å². The molecule has 0 saturated carbocycles. The smallest absolute Gasteiger partial charge is 0.320 e. The van der Waals surface area contributed by atoms with Gasteiger partial charge in [0, 0.05) is 18.7 Å². The largest absolute Gasteiger partial charge is 0.480 e. The summed E-state index contributed by atoms with van der Waals surface area (Å²) in [6.45, 7) is 4.71. The second kappa shape index (κ2) is 4.23. The number of nitrogens with zero attached hydrogens (tertiary/aromatic N) is 2. The Morgan fingerprint density at radius 2 is 2.43 bits per heavy atom. The molecule has 1 atom stereocenters. The topological polar surface area (TPSA) is 81.1 Å². The number of nitrogens with two attached hydrogens (primary N) is 1. The molecule has 0 unspecified atom stereocenters. The Kier molecular flexibility index (Phi) is 3.24. The van der Waals surface area contributed by atoms with Crippen LogP contribution in [0.2, 0.25) is 0 Å². The quantitative estimate of drug-likeness (QED) is 0.720. The van der Waals surface area contributed by atoms with Gasteiger partial charge in [0.1, 0.15) is 6.04 Å². The third-order valence-corrected chi connectivity index (χ3v) is 2.08. The van der Waals surface area contributed by atoms with Gasteiger partial charge >= 0.3 is 5.97 Å². The van der Waals surface area contributed by atoms with Crippen molar-refractivity contribution >= 4 is 5.97 Å². The summed E-state index contributed by atoms with van der Waals surface area (Å²) in [7, 11) is 0. The van der Waals surface area contributed by atoms with E-state index in [0.29, 0.717) is 0 Å². The van der Waals surface area contributed by atoms with Crippen LogP contribution in [0.1, 0.15) is 18.3 Å². The van der Waals surface area contributed by atoms with Gasteiger partial charge in [-0.05, 0) is 19.9 Å². The maximum atomic E-state index is 10.5. The molecule has 0 radical (unpaired) electrons. The molecule has 0 aliphatic heterocycles. The van der Waals surface area contributed by atoms with E-state index in [-0.39, 0.29) is 6.42 Å². The Morgan fingerprint density at radius 3 is 2.86 bits per heavy atom. The maximum absolute atomic E-state index is 10.5. The standard InChI is InChI=1S/C9H15N3O2/c1-3-12-6(2)4-7(11-12)5-8(10)9(13)14/h4,8H,3,5,10H2,1-2H3,(H,13,14)/t8-/m0/s1. The molecule has 0 amide bonds. The molecule has 78 valence electrons. The van der Waals surface area contributed by atoms with Crippen molar-refractivity contribution < 1.29 is 9.90 Å². The number of carbonyl (C=O) groups is 1. The van der Waals surface area contributed by atoms with Crippen molar-refractivity contribution in [2.24, 2.45) is 5.73 Å². The fraction of sp³-hybridized carbons (Fsp3) is 0.556. The Morgan fingerprint density at radius 1 is 1.79 bits per heavy atom. The Labute approximate surface area is 82.5 Å². The van der Waals surface area contributed by atoms with Gasteiger partial charge in [-0.3, -0.25) is 9.48 Å². The van der Waals surface area contributed by atoms with E-state index in [0.717, 1.165) is 17.9 Å². The Hall–Kier alpha value is -1.36. The molecular formula is C9H15N3O2. The zero-order valence-corrected chi connectivity index (χ0v) is 8.40. The van der Waals surface area contributed by atoms with E-state index in [4.69, 9.17) is 10.8 Å². The van der Waals surface area contributed by atoms with Gasteiger partial charge in [0.05, 0.1) is 5.69 Å². The lowest BCUT2D eigenvalue weighted by molar-refractivity contribution is -0.138. The Bertz CT molecular complexity index is 333.